The molecule has 0 saturated carbocycles. The molecule has 1 aromatic heterocycles. The van der Waals surface area contributed by atoms with Crippen molar-refractivity contribution in [2.75, 3.05) is 18.8 Å². The van der Waals surface area contributed by atoms with Gasteiger partial charge in [0.1, 0.15) is 12.7 Å². The van der Waals surface area contributed by atoms with E-state index in [-0.39, 0.29) is 24.0 Å². The summed E-state index contributed by atoms with van der Waals surface area (Å²) in [6.45, 7) is 5.35. The third kappa shape index (κ3) is 6.79. The van der Waals surface area contributed by atoms with E-state index in [2.05, 4.69) is 63.7 Å². The van der Waals surface area contributed by atoms with Crippen LogP contribution in [-0.4, -0.2) is 44.8 Å². The fourth-order valence-electron chi connectivity index (χ4n) is 2.86. The second-order valence-electron chi connectivity index (χ2n) is 6.12. The number of nitrogens with one attached hydrogen (secondary N) is 2. The second kappa shape index (κ2) is 11.4. The molecule has 142 valence electrons. The molecule has 0 radical (unpaired) electrons. The van der Waals surface area contributed by atoms with Crippen LogP contribution in [0.25, 0.3) is 0 Å². The van der Waals surface area contributed by atoms with Crippen LogP contribution in [0.3, 0.4) is 0 Å². The van der Waals surface area contributed by atoms with Gasteiger partial charge in [-0.2, -0.15) is 16.9 Å². The Bertz CT molecular complexity index is 670. The zero-order valence-corrected chi connectivity index (χ0v) is 18.2. The molecule has 0 aliphatic carbocycles. The summed E-state index contributed by atoms with van der Waals surface area (Å²) in [5.41, 5.74) is 2.41. The van der Waals surface area contributed by atoms with Crippen molar-refractivity contribution < 1.29 is 0 Å². The smallest absolute Gasteiger partial charge is 0.191 e. The van der Waals surface area contributed by atoms with E-state index in [1.54, 1.807) is 12.7 Å². The van der Waals surface area contributed by atoms with Gasteiger partial charge in [0.2, 0.25) is 0 Å². The molecular formula is C18H27IN6S. The van der Waals surface area contributed by atoms with E-state index in [0.717, 1.165) is 30.8 Å². The van der Waals surface area contributed by atoms with Crippen molar-refractivity contribution in [2.24, 2.45) is 4.99 Å². The molecule has 0 bridgehead atoms. The Labute approximate surface area is 176 Å². The molecule has 6 nitrogen and oxygen atoms in total. The Morgan fingerprint density at radius 2 is 2.23 bits per heavy atom. The molecule has 1 aliphatic heterocycles. The van der Waals surface area contributed by atoms with Crippen molar-refractivity contribution in [3.05, 3.63) is 48.0 Å². The maximum Gasteiger partial charge on any atom is 0.191 e. The van der Waals surface area contributed by atoms with Crippen LogP contribution in [0.5, 0.6) is 0 Å². The number of thioether (sulfide) groups is 1. The Balaban J connectivity index is 0.00000243. The van der Waals surface area contributed by atoms with Gasteiger partial charge in [0.15, 0.2) is 5.96 Å². The zero-order valence-electron chi connectivity index (χ0n) is 15.1. The van der Waals surface area contributed by atoms with Crippen LogP contribution in [0.2, 0.25) is 0 Å². The first-order valence-corrected chi connectivity index (χ1v) is 9.92. The average Bonchev–Trinajstić information content (AvgIpc) is 3.31. The summed E-state index contributed by atoms with van der Waals surface area (Å²) < 4.78 is 1.83. The summed E-state index contributed by atoms with van der Waals surface area (Å²) in [4.78, 5) is 8.72. The fourth-order valence-corrected chi connectivity index (χ4v) is 4.06. The number of aromatic nitrogens is 3. The van der Waals surface area contributed by atoms with Gasteiger partial charge in [-0.15, -0.1) is 24.0 Å². The summed E-state index contributed by atoms with van der Waals surface area (Å²) >= 11 is 2.06. The minimum atomic E-state index is 0. The molecule has 1 unspecified atom stereocenters. The lowest BCUT2D eigenvalue weighted by molar-refractivity contribution is 0.684. The van der Waals surface area contributed by atoms with Crippen molar-refractivity contribution in [3.8, 4) is 0 Å². The van der Waals surface area contributed by atoms with Crippen molar-refractivity contribution in [2.45, 2.75) is 38.1 Å². The molecule has 2 N–H and O–H groups in total. The van der Waals surface area contributed by atoms with E-state index in [9.17, 15) is 0 Å². The summed E-state index contributed by atoms with van der Waals surface area (Å²) in [5.74, 6) is 2.19. The van der Waals surface area contributed by atoms with E-state index in [0.29, 0.717) is 6.54 Å². The minimum Gasteiger partial charge on any atom is -0.357 e. The maximum absolute atomic E-state index is 4.73. The van der Waals surface area contributed by atoms with E-state index in [4.69, 9.17) is 4.99 Å². The highest BCUT2D eigenvalue weighted by molar-refractivity contribution is 14.0. The average molecular weight is 486 g/mol. The van der Waals surface area contributed by atoms with Crippen LogP contribution >= 0.6 is 35.7 Å². The first-order chi connectivity index (χ1) is 12.3. The van der Waals surface area contributed by atoms with Gasteiger partial charge in [0.25, 0.3) is 0 Å². The van der Waals surface area contributed by atoms with Crippen molar-refractivity contribution >= 4 is 41.7 Å². The zero-order chi connectivity index (χ0) is 17.3. The third-order valence-electron chi connectivity index (χ3n) is 4.09. The number of hydrogen-bond acceptors (Lipinski definition) is 4. The van der Waals surface area contributed by atoms with Gasteiger partial charge in [0, 0.05) is 18.3 Å². The van der Waals surface area contributed by atoms with Gasteiger partial charge >= 0.3 is 0 Å². The first-order valence-electron chi connectivity index (χ1n) is 8.87. The molecule has 1 fully saturated rings. The molecule has 0 spiro atoms. The summed E-state index contributed by atoms with van der Waals surface area (Å²) in [6, 6.07) is 8.48. The van der Waals surface area contributed by atoms with Gasteiger partial charge in [-0.1, -0.05) is 24.3 Å². The molecule has 3 rings (SSSR count). The molecule has 1 atom stereocenters. The second-order valence-corrected chi connectivity index (χ2v) is 7.53. The molecule has 8 heteroatoms. The third-order valence-corrected chi connectivity index (χ3v) is 5.49. The van der Waals surface area contributed by atoms with Gasteiger partial charge < -0.3 is 10.6 Å². The minimum absolute atomic E-state index is 0. The number of benzene rings is 1. The highest BCUT2D eigenvalue weighted by Gasteiger charge is 2.15. The standard InChI is InChI=1S/C18H26N6S.HI/c1-2-20-18(22-11-17-7-4-8-25-17)21-10-15-5-3-6-16(9-15)12-24-14-19-13-23-24;/h3,5-6,9,13-14,17H,2,4,7-8,10-12H2,1H3,(H2,20,21,22);1H. The van der Waals surface area contributed by atoms with Crippen LogP contribution in [0.15, 0.2) is 41.9 Å². The highest BCUT2D eigenvalue weighted by Crippen LogP contribution is 2.25. The van der Waals surface area contributed by atoms with E-state index < -0.39 is 0 Å². The molecule has 2 heterocycles. The fraction of sp³-hybridized carbons (Fsp3) is 0.500. The lowest BCUT2D eigenvalue weighted by Gasteiger charge is -2.14. The molecule has 26 heavy (non-hydrogen) atoms. The molecular weight excluding hydrogens is 459 g/mol. The summed E-state index contributed by atoms with van der Waals surface area (Å²) in [5, 5.41) is 11.7. The van der Waals surface area contributed by atoms with E-state index in [1.165, 1.54) is 29.7 Å². The van der Waals surface area contributed by atoms with Crippen LogP contribution < -0.4 is 10.6 Å². The quantitative estimate of drug-likeness (QED) is 0.358. The predicted molar refractivity (Wildman–Crippen MR) is 119 cm³/mol. The number of rotatable bonds is 7. The largest absolute Gasteiger partial charge is 0.357 e. The highest BCUT2D eigenvalue weighted by atomic mass is 127. The van der Waals surface area contributed by atoms with Crippen LogP contribution in [-0.2, 0) is 13.1 Å². The SMILES string of the molecule is CCNC(=NCc1cccc(Cn2cncn2)c1)NCC1CCCS1.I. The van der Waals surface area contributed by atoms with Crippen LogP contribution in [0.4, 0.5) is 0 Å². The normalized spacial score (nSPS) is 17.0. The number of nitrogens with zero attached hydrogens (tertiary/aromatic N) is 4. The molecule has 1 aromatic carbocycles. The van der Waals surface area contributed by atoms with Gasteiger partial charge in [-0.25, -0.2) is 14.7 Å². The van der Waals surface area contributed by atoms with Gasteiger partial charge in [-0.3, -0.25) is 0 Å². The number of guanidine groups is 1. The summed E-state index contributed by atoms with van der Waals surface area (Å²) in [7, 11) is 0. The Hall–Kier alpha value is -1.29. The van der Waals surface area contributed by atoms with Crippen molar-refractivity contribution in [1.29, 1.82) is 0 Å². The van der Waals surface area contributed by atoms with Crippen LogP contribution in [0.1, 0.15) is 30.9 Å². The van der Waals surface area contributed by atoms with Crippen LogP contribution in [0, 0.1) is 0 Å². The van der Waals surface area contributed by atoms with E-state index in [1.807, 2.05) is 4.68 Å². The predicted octanol–water partition coefficient (Wildman–Crippen LogP) is 2.90. The van der Waals surface area contributed by atoms with E-state index >= 15 is 0 Å². The number of aliphatic imine (C=N–C) groups is 1. The molecule has 2 aromatic rings. The number of hydrogen-bond donors (Lipinski definition) is 2. The Morgan fingerprint density at radius 1 is 1.35 bits per heavy atom. The topological polar surface area (TPSA) is 67.1 Å². The Morgan fingerprint density at radius 3 is 2.96 bits per heavy atom. The maximum atomic E-state index is 4.73. The monoisotopic (exact) mass is 486 g/mol. The molecule has 0 amide bonds. The molecule has 1 saturated heterocycles. The van der Waals surface area contributed by atoms with Crippen molar-refractivity contribution in [1.82, 2.24) is 25.4 Å². The first kappa shape index (κ1) is 21.0. The number of halogens is 1. The lowest BCUT2D eigenvalue weighted by Crippen LogP contribution is -2.40. The lowest BCUT2D eigenvalue weighted by atomic mass is 10.1. The van der Waals surface area contributed by atoms with Crippen molar-refractivity contribution in [3.63, 3.8) is 0 Å². The van der Waals surface area contributed by atoms with Gasteiger partial charge in [0.05, 0.1) is 13.1 Å². The Kier molecular flexibility index (Phi) is 9.24. The summed E-state index contributed by atoms with van der Waals surface area (Å²) in [6.07, 6.45) is 5.94. The van der Waals surface area contributed by atoms with Gasteiger partial charge in [-0.05, 0) is 36.6 Å². The molecule has 1 aliphatic rings.